The summed E-state index contributed by atoms with van der Waals surface area (Å²) in [5.74, 6) is 0.176. The van der Waals surface area contributed by atoms with Crippen molar-refractivity contribution in [3.63, 3.8) is 0 Å². The maximum atomic E-state index is 12.2. The molecule has 0 spiro atoms. The van der Waals surface area contributed by atoms with Crippen molar-refractivity contribution >= 4 is 17.2 Å². The lowest BCUT2D eigenvalue weighted by atomic mass is 10.1. The number of carbonyl (C=O) groups is 1. The number of carbonyl (C=O) groups excluding carboxylic acids is 1. The molecule has 1 saturated heterocycles. The van der Waals surface area contributed by atoms with Crippen LogP contribution in [0.1, 0.15) is 25.5 Å². The summed E-state index contributed by atoms with van der Waals surface area (Å²) in [6.45, 7) is 8.22. The van der Waals surface area contributed by atoms with E-state index in [4.69, 9.17) is 4.74 Å². The van der Waals surface area contributed by atoms with Gasteiger partial charge in [0.15, 0.2) is 0 Å². The number of thiophene rings is 1. The minimum Gasteiger partial charge on any atom is -0.384 e. The van der Waals surface area contributed by atoms with Gasteiger partial charge in [-0.05, 0) is 29.3 Å². The van der Waals surface area contributed by atoms with Crippen molar-refractivity contribution < 1.29 is 9.53 Å². The molecule has 0 N–H and O–H groups in total. The van der Waals surface area contributed by atoms with Gasteiger partial charge in [0.2, 0.25) is 5.91 Å². The van der Waals surface area contributed by atoms with Crippen molar-refractivity contribution in [3.05, 3.63) is 22.4 Å². The SMILES string of the molecule is COC[C@@H](C)C(=O)N1CCN([C@H](C)c2ccsc2)CC1. The highest BCUT2D eigenvalue weighted by molar-refractivity contribution is 7.07. The maximum Gasteiger partial charge on any atom is 0.227 e. The molecule has 0 unspecified atom stereocenters. The largest absolute Gasteiger partial charge is 0.384 e. The third-order valence-electron chi connectivity index (χ3n) is 4.04. The summed E-state index contributed by atoms with van der Waals surface area (Å²) in [6.07, 6.45) is 0. The Balaban J connectivity index is 1.84. The van der Waals surface area contributed by atoms with Crippen LogP contribution in [0.15, 0.2) is 16.8 Å². The quantitative estimate of drug-likeness (QED) is 0.835. The third-order valence-corrected chi connectivity index (χ3v) is 4.74. The second-order valence-electron chi connectivity index (χ2n) is 5.45. The molecule has 4 nitrogen and oxygen atoms in total. The molecular weight excluding hydrogens is 272 g/mol. The van der Waals surface area contributed by atoms with Crippen molar-refractivity contribution in [1.82, 2.24) is 9.80 Å². The first-order valence-corrected chi connectivity index (χ1v) is 8.11. The zero-order valence-electron chi connectivity index (χ0n) is 12.5. The van der Waals surface area contributed by atoms with Crippen LogP contribution in [0.25, 0.3) is 0 Å². The summed E-state index contributed by atoms with van der Waals surface area (Å²) in [5, 5.41) is 4.33. The van der Waals surface area contributed by atoms with Crippen LogP contribution in [0.3, 0.4) is 0 Å². The number of ether oxygens (including phenoxy) is 1. The van der Waals surface area contributed by atoms with Crippen LogP contribution < -0.4 is 0 Å². The van der Waals surface area contributed by atoms with Gasteiger partial charge in [0, 0.05) is 39.3 Å². The molecule has 5 heteroatoms. The molecule has 1 aromatic rings. The van der Waals surface area contributed by atoms with Crippen molar-refractivity contribution in [2.75, 3.05) is 39.9 Å². The van der Waals surface area contributed by atoms with E-state index in [1.165, 1.54) is 5.56 Å². The molecule has 20 heavy (non-hydrogen) atoms. The van der Waals surface area contributed by atoms with E-state index < -0.39 is 0 Å². The minimum absolute atomic E-state index is 0.0409. The zero-order chi connectivity index (χ0) is 14.5. The number of piperazine rings is 1. The maximum absolute atomic E-state index is 12.2. The number of methoxy groups -OCH3 is 1. The minimum atomic E-state index is -0.0409. The monoisotopic (exact) mass is 296 g/mol. The Bertz CT molecular complexity index is 414. The molecule has 0 aliphatic carbocycles. The van der Waals surface area contributed by atoms with Gasteiger partial charge in [-0.25, -0.2) is 0 Å². The van der Waals surface area contributed by atoms with Crippen LogP contribution in [0.5, 0.6) is 0 Å². The summed E-state index contributed by atoms with van der Waals surface area (Å²) < 4.78 is 5.07. The summed E-state index contributed by atoms with van der Waals surface area (Å²) in [6, 6.07) is 2.63. The zero-order valence-corrected chi connectivity index (χ0v) is 13.4. The summed E-state index contributed by atoms with van der Waals surface area (Å²) in [5.41, 5.74) is 1.38. The predicted molar refractivity (Wildman–Crippen MR) is 81.9 cm³/mol. The van der Waals surface area contributed by atoms with Gasteiger partial charge in [-0.1, -0.05) is 6.92 Å². The summed E-state index contributed by atoms with van der Waals surface area (Å²) in [4.78, 5) is 16.6. The Kier molecular flexibility index (Phi) is 5.57. The Morgan fingerprint density at radius 1 is 1.35 bits per heavy atom. The molecule has 1 aromatic heterocycles. The second-order valence-corrected chi connectivity index (χ2v) is 6.23. The number of rotatable bonds is 5. The molecule has 2 atom stereocenters. The molecule has 0 saturated carbocycles. The lowest BCUT2D eigenvalue weighted by Crippen LogP contribution is -2.50. The van der Waals surface area contributed by atoms with Crippen molar-refractivity contribution in [1.29, 1.82) is 0 Å². The number of hydrogen-bond donors (Lipinski definition) is 0. The van der Waals surface area contributed by atoms with E-state index >= 15 is 0 Å². The first-order valence-electron chi connectivity index (χ1n) is 7.17. The van der Waals surface area contributed by atoms with E-state index in [2.05, 4.69) is 28.7 Å². The first-order chi connectivity index (χ1) is 9.63. The second kappa shape index (κ2) is 7.20. The fourth-order valence-corrected chi connectivity index (χ4v) is 3.43. The van der Waals surface area contributed by atoms with E-state index in [1.807, 2.05) is 11.8 Å². The van der Waals surface area contributed by atoms with Crippen LogP contribution in [-0.4, -0.2) is 55.6 Å². The van der Waals surface area contributed by atoms with Gasteiger partial charge in [0.05, 0.1) is 12.5 Å². The third kappa shape index (κ3) is 3.59. The molecule has 0 radical (unpaired) electrons. The molecule has 0 bridgehead atoms. The topological polar surface area (TPSA) is 32.8 Å². The first kappa shape index (κ1) is 15.5. The molecule has 112 valence electrons. The fraction of sp³-hybridized carbons (Fsp3) is 0.667. The predicted octanol–water partition coefficient (Wildman–Crippen LogP) is 2.24. The lowest BCUT2D eigenvalue weighted by Gasteiger charge is -2.38. The van der Waals surface area contributed by atoms with Crippen LogP contribution in [-0.2, 0) is 9.53 Å². The van der Waals surface area contributed by atoms with Crippen LogP contribution >= 0.6 is 11.3 Å². The Morgan fingerprint density at radius 2 is 2.05 bits per heavy atom. The van der Waals surface area contributed by atoms with Gasteiger partial charge in [0.25, 0.3) is 0 Å². The van der Waals surface area contributed by atoms with Gasteiger partial charge in [-0.2, -0.15) is 11.3 Å². The average Bonchev–Trinajstić information content (AvgIpc) is 3.00. The van der Waals surface area contributed by atoms with Gasteiger partial charge in [-0.3, -0.25) is 9.69 Å². The van der Waals surface area contributed by atoms with Crippen molar-refractivity contribution in [2.45, 2.75) is 19.9 Å². The van der Waals surface area contributed by atoms with Gasteiger partial charge in [0.1, 0.15) is 0 Å². The Morgan fingerprint density at radius 3 is 2.60 bits per heavy atom. The number of hydrogen-bond acceptors (Lipinski definition) is 4. The van der Waals surface area contributed by atoms with Crippen LogP contribution in [0.2, 0.25) is 0 Å². The lowest BCUT2D eigenvalue weighted by molar-refractivity contribution is -0.138. The molecule has 2 heterocycles. The Labute approximate surface area is 125 Å². The molecular formula is C15H24N2O2S. The molecule has 1 fully saturated rings. The van der Waals surface area contributed by atoms with E-state index in [9.17, 15) is 4.79 Å². The van der Waals surface area contributed by atoms with Crippen LogP contribution in [0, 0.1) is 5.92 Å². The molecule has 1 amide bonds. The molecule has 1 aliphatic heterocycles. The normalized spacial score (nSPS) is 19.9. The van der Waals surface area contributed by atoms with Gasteiger partial charge in [-0.15, -0.1) is 0 Å². The van der Waals surface area contributed by atoms with Crippen molar-refractivity contribution in [2.24, 2.45) is 5.92 Å². The highest BCUT2D eigenvalue weighted by Crippen LogP contribution is 2.23. The molecule has 1 aliphatic rings. The standard InChI is InChI=1S/C15H24N2O2S/c1-12(10-19-3)15(18)17-7-5-16(6-8-17)13(2)14-4-9-20-11-14/h4,9,11-13H,5-8,10H2,1-3H3/t12-,13-/m1/s1. The van der Waals surface area contributed by atoms with E-state index in [0.29, 0.717) is 12.6 Å². The van der Waals surface area contributed by atoms with Crippen molar-refractivity contribution in [3.8, 4) is 0 Å². The molecule has 0 aromatic carbocycles. The van der Waals surface area contributed by atoms with Crippen LogP contribution in [0.4, 0.5) is 0 Å². The Hall–Kier alpha value is -0.910. The summed E-state index contributed by atoms with van der Waals surface area (Å²) in [7, 11) is 1.64. The van der Waals surface area contributed by atoms with E-state index in [-0.39, 0.29) is 11.8 Å². The molecule has 2 rings (SSSR count). The smallest absolute Gasteiger partial charge is 0.227 e. The fourth-order valence-electron chi connectivity index (χ4n) is 2.69. The van der Waals surface area contributed by atoms with Gasteiger partial charge < -0.3 is 9.64 Å². The number of amides is 1. The van der Waals surface area contributed by atoms with E-state index in [1.54, 1.807) is 18.4 Å². The average molecular weight is 296 g/mol. The highest BCUT2D eigenvalue weighted by Gasteiger charge is 2.27. The van der Waals surface area contributed by atoms with Gasteiger partial charge >= 0.3 is 0 Å². The highest BCUT2D eigenvalue weighted by atomic mass is 32.1. The summed E-state index contributed by atoms with van der Waals surface area (Å²) >= 11 is 1.74. The van der Waals surface area contributed by atoms with E-state index in [0.717, 1.165) is 26.2 Å². The number of nitrogens with zero attached hydrogens (tertiary/aromatic N) is 2.